The second-order valence-corrected chi connectivity index (χ2v) is 4.90. The summed E-state index contributed by atoms with van der Waals surface area (Å²) in [6.45, 7) is 0.558. The molecule has 3 aromatic rings. The van der Waals surface area contributed by atoms with Crippen LogP contribution in [0, 0.1) is 0 Å². The largest absolute Gasteiger partial charge is 0.497 e. The maximum Gasteiger partial charge on any atom is 0.251 e. The number of nitrogens with one attached hydrogen (secondary N) is 2. The maximum absolute atomic E-state index is 12.1. The molecule has 1 aromatic heterocycles. The zero-order valence-electron chi connectivity index (χ0n) is 12.2. The van der Waals surface area contributed by atoms with Crippen LogP contribution >= 0.6 is 0 Å². The average Bonchev–Trinajstić information content (AvgIpc) is 3.02. The molecule has 0 unspecified atom stereocenters. The third-order valence-corrected chi connectivity index (χ3v) is 3.42. The smallest absolute Gasteiger partial charge is 0.251 e. The number of hydrogen-bond donors (Lipinski definition) is 2. The van der Waals surface area contributed by atoms with Gasteiger partial charge in [0.1, 0.15) is 11.3 Å². The zero-order chi connectivity index (χ0) is 15.4. The van der Waals surface area contributed by atoms with E-state index in [1.54, 1.807) is 25.3 Å². The van der Waals surface area contributed by atoms with E-state index in [0.29, 0.717) is 17.6 Å². The van der Waals surface area contributed by atoms with Crippen molar-refractivity contribution in [3.05, 3.63) is 53.6 Å². The average molecular weight is 296 g/mol. The molecule has 0 saturated carbocycles. The van der Waals surface area contributed by atoms with Crippen molar-refractivity contribution >= 4 is 16.9 Å². The molecule has 3 rings (SSSR count). The van der Waals surface area contributed by atoms with Gasteiger partial charge in [-0.15, -0.1) is 5.10 Å². The van der Waals surface area contributed by atoms with Gasteiger partial charge in [-0.25, -0.2) is 0 Å². The molecule has 22 heavy (non-hydrogen) atoms. The van der Waals surface area contributed by atoms with Crippen molar-refractivity contribution < 1.29 is 9.53 Å². The van der Waals surface area contributed by atoms with Gasteiger partial charge in [0.05, 0.1) is 12.6 Å². The molecule has 6 heteroatoms. The highest BCUT2D eigenvalue weighted by Crippen LogP contribution is 2.13. The Morgan fingerprint density at radius 3 is 3.05 bits per heavy atom. The zero-order valence-corrected chi connectivity index (χ0v) is 12.2. The minimum absolute atomic E-state index is 0.118. The fraction of sp³-hybridized carbons (Fsp3) is 0.188. The van der Waals surface area contributed by atoms with Crippen molar-refractivity contribution in [2.24, 2.45) is 0 Å². The normalized spacial score (nSPS) is 10.6. The summed E-state index contributed by atoms with van der Waals surface area (Å²) in [5.74, 6) is 0.702. The van der Waals surface area contributed by atoms with Crippen LogP contribution in [0.3, 0.4) is 0 Å². The number of ether oxygens (including phenoxy) is 1. The third kappa shape index (κ3) is 3.06. The van der Waals surface area contributed by atoms with Crippen LogP contribution in [0.1, 0.15) is 15.9 Å². The fourth-order valence-electron chi connectivity index (χ4n) is 2.23. The summed E-state index contributed by atoms with van der Waals surface area (Å²) in [5.41, 5.74) is 3.19. The van der Waals surface area contributed by atoms with Gasteiger partial charge in [0.2, 0.25) is 0 Å². The Morgan fingerprint density at radius 2 is 2.18 bits per heavy atom. The van der Waals surface area contributed by atoms with Crippen LogP contribution in [0.4, 0.5) is 0 Å². The Balaban J connectivity index is 1.59. The molecule has 0 aliphatic carbocycles. The predicted octanol–water partition coefficient (Wildman–Crippen LogP) is 1.94. The van der Waals surface area contributed by atoms with Gasteiger partial charge in [-0.05, 0) is 42.3 Å². The van der Waals surface area contributed by atoms with Crippen LogP contribution in [0.2, 0.25) is 0 Å². The van der Waals surface area contributed by atoms with Gasteiger partial charge >= 0.3 is 0 Å². The van der Waals surface area contributed by atoms with Gasteiger partial charge in [0, 0.05) is 12.1 Å². The number of carbonyl (C=O) groups excluding carboxylic acids is 1. The lowest BCUT2D eigenvalue weighted by Gasteiger charge is -2.07. The quantitative estimate of drug-likeness (QED) is 0.754. The van der Waals surface area contributed by atoms with Crippen LogP contribution in [-0.4, -0.2) is 35.0 Å². The first kappa shape index (κ1) is 14.1. The molecular formula is C16H16N4O2. The standard InChI is InChI=1S/C16H16N4O2/c1-22-13-4-2-3-11(9-13)7-8-17-16(21)12-5-6-14-15(10-12)19-20-18-14/h2-6,9-10H,7-8H2,1H3,(H,17,21)(H,18,19,20). The monoisotopic (exact) mass is 296 g/mol. The fourth-order valence-corrected chi connectivity index (χ4v) is 2.23. The molecule has 0 aliphatic heterocycles. The topological polar surface area (TPSA) is 79.9 Å². The third-order valence-electron chi connectivity index (χ3n) is 3.42. The van der Waals surface area contributed by atoms with Crippen LogP contribution in [-0.2, 0) is 6.42 Å². The van der Waals surface area contributed by atoms with Crippen molar-refractivity contribution in [2.75, 3.05) is 13.7 Å². The van der Waals surface area contributed by atoms with E-state index in [9.17, 15) is 4.79 Å². The van der Waals surface area contributed by atoms with Crippen molar-refractivity contribution in [3.63, 3.8) is 0 Å². The van der Waals surface area contributed by atoms with Gasteiger partial charge < -0.3 is 10.1 Å². The van der Waals surface area contributed by atoms with E-state index in [-0.39, 0.29) is 5.91 Å². The van der Waals surface area contributed by atoms with E-state index in [1.165, 1.54) is 0 Å². The molecule has 2 N–H and O–H groups in total. The van der Waals surface area contributed by atoms with E-state index < -0.39 is 0 Å². The van der Waals surface area contributed by atoms with Crippen molar-refractivity contribution in [3.8, 4) is 5.75 Å². The Labute approximate surface area is 127 Å². The molecule has 1 amide bonds. The molecular weight excluding hydrogens is 280 g/mol. The van der Waals surface area contributed by atoms with Crippen molar-refractivity contribution in [1.82, 2.24) is 20.7 Å². The number of benzene rings is 2. The van der Waals surface area contributed by atoms with Crippen LogP contribution in [0.5, 0.6) is 5.75 Å². The summed E-state index contributed by atoms with van der Waals surface area (Å²) in [4.78, 5) is 12.1. The number of methoxy groups -OCH3 is 1. The molecule has 0 saturated heterocycles. The van der Waals surface area contributed by atoms with Gasteiger partial charge in [0.15, 0.2) is 0 Å². The number of rotatable bonds is 5. The second-order valence-electron chi connectivity index (χ2n) is 4.90. The SMILES string of the molecule is COc1cccc(CCNC(=O)c2ccc3[nH]nnc3c2)c1. The molecule has 0 bridgehead atoms. The number of hydrogen-bond acceptors (Lipinski definition) is 4. The Kier molecular flexibility index (Phi) is 4.00. The molecule has 2 aromatic carbocycles. The summed E-state index contributed by atoms with van der Waals surface area (Å²) >= 11 is 0. The number of nitrogens with zero attached hydrogens (tertiary/aromatic N) is 2. The first-order chi connectivity index (χ1) is 10.8. The highest BCUT2D eigenvalue weighted by atomic mass is 16.5. The molecule has 0 atom stereocenters. The molecule has 0 spiro atoms. The lowest BCUT2D eigenvalue weighted by molar-refractivity contribution is 0.0954. The van der Waals surface area contributed by atoms with E-state index in [1.807, 2.05) is 24.3 Å². The molecule has 112 valence electrons. The molecule has 0 fully saturated rings. The number of fused-ring (bicyclic) bond motifs is 1. The molecule has 0 aliphatic rings. The lowest BCUT2D eigenvalue weighted by Crippen LogP contribution is -2.25. The second kappa shape index (κ2) is 6.26. The van der Waals surface area contributed by atoms with Crippen LogP contribution < -0.4 is 10.1 Å². The first-order valence-electron chi connectivity index (χ1n) is 6.98. The van der Waals surface area contributed by atoms with Crippen molar-refractivity contribution in [2.45, 2.75) is 6.42 Å². The van der Waals surface area contributed by atoms with E-state index in [4.69, 9.17) is 4.74 Å². The number of aromatic nitrogens is 3. The van der Waals surface area contributed by atoms with Crippen molar-refractivity contribution in [1.29, 1.82) is 0 Å². The Morgan fingerprint density at radius 1 is 1.27 bits per heavy atom. The van der Waals surface area contributed by atoms with Gasteiger partial charge in [0.25, 0.3) is 5.91 Å². The predicted molar refractivity (Wildman–Crippen MR) is 82.9 cm³/mol. The van der Waals surface area contributed by atoms with E-state index in [0.717, 1.165) is 23.3 Å². The summed E-state index contributed by atoms with van der Waals surface area (Å²) in [5, 5.41) is 13.3. The number of aromatic amines is 1. The first-order valence-corrected chi connectivity index (χ1v) is 6.98. The summed E-state index contributed by atoms with van der Waals surface area (Å²) in [6.07, 6.45) is 0.745. The van der Waals surface area contributed by atoms with Crippen LogP contribution in [0.15, 0.2) is 42.5 Å². The number of carbonyl (C=O) groups is 1. The highest BCUT2D eigenvalue weighted by Gasteiger charge is 2.07. The minimum Gasteiger partial charge on any atom is -0.497 e. The summed E-state index contributed by atoms with van der Waals surface area (Å²) in [7, 11) is 1.64. The van der Waals surface area contributed by atoms with Gasteiger partial charge in [-0.1, -0.05) is 17.3 Å². The summed E-state index contributed by atoms with van der Waals surface area (Å²) < 4.78 is 5.18. The number of amides is 1. The number of H-pyrrole nitrogens is 1. The van der Waals surface area contributed by atoms with Gasteiger partial charge in [-0.3, -0.25) is 9.89 Å². The van der Waals surface area contributed by atoms with Gasteiger partial charge in [-0.2, -0.15) is 0 Å². The lowest BCUT2D eigenvalue weighted by atomic mass is 10.1. The highest BCUT2D eigenvalue weighted by molar-refractivity contribution is 5.97. The van der Waals surface area contributed by atoms with E-state index >= 15 is 0 Å². The Bertz CT molecular complexity index is 797. The van der Waals surface area contributed by atoms with E-state index in [2.05, 4.69) is 20.7 Å². The molecule has 0 radical (unpaired) electrons. The Hall–Kier alpha value is -2.89. The van der Waals surface area contributed by atoms with Crippen LogP contribution in [0.25, 0.3) is 11.0 Å². The molecule has 1 heterocycles. The summed E-state index contributed by atoms with van der Waals surface area (Å²) in [6, 6.07) is 13.1. The maximum atomic E-state index is 12.1. The minimum atomic E-state index is -0.118. The molecule has 6 nitrogen and oxygen atoms in total.